The van der Waals surface area contributed by atoms with E-state index < -0.39 is 56.6 Å². The Morgan fingerprint density at radius 3 is 2.40 bits per heavy atom. The van der Waals surface area contributed by atoms with Crippen molar-refractivity contribution in [2.75, 3.05) is 0 Å². The molecule has 1 aromatic heterocycles. The maximum atomic E-state index is 15.8. The molecule has 2 aliphatic rings. The van der Waals surface area contributed by atoms with Gasteiger partial charge in [0.15, 0.2) is 11.2 Å². The number of carbonyl (C=O) groups is 1. The van der Waals surface area contributed by atoms with Gasteiger partial charge in [0.05, 0.1) is 32.9 Å². The molecule has 4 aromatic rings. The summed E-state index contributed by atoms with van der Waals surface area (Å²) in [7, 11) is -3.89. The minimum Gasteiger partial charge on any atom is -0.545 e. The highest BCUT2D eigenvalue weighted by molar-refractivity contribution is 7.89. The van der Waals surface area contributed by atoms with Crippen molar-refractivity contribution in [2.24, 2.45) is 0 Å². The first kappa shape index (κ1) is 28.0. The standard InChI is InChI=1S/C30H25F3N2O6S/c1-15-3-9-20(10-4-15)42(39,40)35-13-18-6-5-17(11-21(18)16(35)2)25-24(31)12-22-26(28(25)41-30(32)33)34(19-7-8-19)14-23(27(22)36)29(37)38/h3-6,9-12,14,16,19,30H,7-8,13H2,1-2H3,(H,37,38)/p-1. The number of carboxylic acid groups (broad SMARTS) is 1. The van der Waals surface area contributed by atoms with Crippen LogP contribution in [0, 0.1) is 12.7 Å². The van der Waals surface area contributed by atoms with Gasteiger partial charge < -0.3 is 19.2 Å². The molecule has 1 aliphatic carbocycles. The molecular weight excluding hydrogens is 573 g/mol. The number of hydrogen-bond donors (Lipinski definition) is 0. The van der Waals surface area contributed by atoms with Gasteiger partial charge in [0, 0.05) is 24.8 Å². The van der Waals surface area contributed by atoms with Gasteiger partial charge in [0.25, 0.3) is 0 Å². The Balaban J connectivity index is 1.52. The lowest BCUT2D eigenvalue weighted by atomic mass is 9.95. The summed E-state index contributed by atoms with van der Waals surface area (Å²) < 4.78 is 77.8. The number of benzene rings is 3. The second-order valence-electron chi connectivity index (χ2n) is 10.6. The minimum absolute atomic E-state index is 0.0564. The number of alkyl halides is 2. The van der Waals surface area contributed by atoms with Gasteiger partial charge in [0.1, 0.15) is 5.82 Å². The van der Waals surface area contributed by atoms with E-state index in [0.717, 1.165) is 17.8 Å². The van der Waals surface area contributed by atoms with Gasteiger partial charge in [0.2, 0.25) is 10.0 Å². The zero-order valence-electron chi connectivity index (χ0n) is 22.4. The Labute approximate surface area is 238 Å². The summed E-state index contributed by atoms with van der Waals surface area (Å²) in [6, 6.07) is 10.9. The van der Waals surface area contributed by atoms with Gasteiger partial charge in [-0.3, -0.25) is 4.79 Å². The van der Waals surface area contributed by atoms with E-state index in [-0.39, 0.29) is 34.1 Å². The highest BCUT2D eigenvalue weighted by Crippen LogP contribution is 2.46. The molecule has 2 heterocycles. The fraction of sp³-hybridized carbons (Fsp3) is 0.267. The third-order valence-electron chi connectivity index (χ3n) is 7.86. The Kier molecular flexibility index (Phi) is 6.65. The van der Waals surface area contributed by atoms with Gasteiger partial charge in [-0.15, -0.1) is 0 Å². The van der Waals surface area contributed by atoms with Crippen molar-refractivity contribution in [3.8, 4) is 16.9 Å². The third kappa shape index (κ3) is 4.54. The lowest BCUT2D eigenvalue weighted by Crippen LogP contribution is -2.30. The summed E-state index contributed by atoms with van der Waals surface area (Å²) in [5.74, 6) is -3.46. The van der Waals surface area contributed by atoms with Crippen molar-refractivity contribution >= 4 is 26.9 Å². The van der Waals surface area contributed by atoms with Crippen LogP contribution in [-0.2, 0) is 16.6 Å². The Hall–Kier alpha value is -4.16. The van der Waals surface area contributed by atoms with Crippen molar-refractivity contribution in [3.05, 3.63) is 93.0 Å². The SMILES string of the molecule is Cc1ccc(S(=O)(=O)N2Cc3ccc(-c4c(F)cc5c(=O)c(C(=O)[O-])cn(C6CC6)c5c4OC(F)F)cc3C2C)cc1. The van der Waals surface area contributed by atoms with Crippen molar-refractivity contribution in [2.45, 2.75) is 56.8 Å². The first-order valence-electron chi connectivity index (χ1n) is 13.2. The number of pyridine rings is 1. The first-order chi connectivity index (χ1) is 19.9. The number of hydrogen-bond acceptors (Lipinski definition) is 6. The van der Waals surface area contributed by atoms with Crippen LogP contribution in [0.4, 0.5) is 13.2 Å². The third-order valence-corrected chi connectivity index (χ3v) is 9.79. The average molecular weight is 598 g/mol. The lowest BCUT2D eigenvalue weighted by molar-refractivity contribution is -0.255. The number of aryl methyl sites for hydroxylation is 1. The van der Waals surface area contributed by atoms with Crippen molar-refractivity contribution in [1.29, 1.82) is 0 Å². The van der Waals surface area contributed by atoms with Crippen LogP contribution in [-0.4, -0.2) is 29.9 Å². The predicted molar refractivity (Wildman–Crippen MR) is 145 cm³/mol. The number of sulfonamides is 1. The van der Waals surface area contributed by atoms with Crippen LogP contribution in [0.1, 0.15) is 58.9 Å². The molecule has 42 heavy (non-hydrogen) atoms. The Morgan fingerprint density at radius 1 is 1.10 bits per heavy atom. The summed E-state index contributed by atoms with van der Waals surface area (Å²) in [5.41, 5.74) is -0.0567. The van der Waals surface area contributed by atoms with Crippen LogP contribution >= 0.6 is 0 Å². The molecule has 8 nitrogen and oxygen atoms in total. The zero-order chi connectivity index (χ0) is 30.1. The topological polar surface area (TPSA) is 109 Å². The van der Waals surface area contributed by atoms with Crippen LogP contribution in [0.15, 0.2) is 64.4 Å². The monoisotopic (exact) mass is 597 g/mol. The summed E-state index contributed by atoms with van der Waals surface area (Å²) >= 11 is 0. The maximum absolute atomic E-state index is 15.8. The molecule has 0 amide bonds. The summed E-state index contributed by atoms with van der Waals surface area (Å²) in [4.78, 5) is 24.7. The molecule has 1 unspecified atom stereocenters. The van der Waals surface area contributed by atoms with E-state index in [1.165, 1.54) is 33.1 Å². The second-order valence-corrected chi connectivity index (χ2v) is 12.5. The summed E-state index contributed by atoms with van der Waals surface area (Å²) in [6.45, 7) is 0.193. The van der Waals surface area contributed by atoms with E-state index in [2.05, 4.69) is 0 Å². The summed E-state index contributed by atoms with van der Waals surface area (Å²) in [5, 5.41) is 11.2. The van der Waals surface area contributed by atoms with Crippen molar-refractivity contribution in [3.63, 3.8) is 0 Å². The van der Waals surface area contributed by atoms with E-state index in [0.29, 0.717) is 24.0 Å². The number of carbonyl (C=O) groups excluding carboxylic acids is 1. The highest BCUT2D eigenvalue weighted by atomic mass is 32.2. The Bertz CT molecular complexity index is 1940. The van der Waals surface area contributed by atoms with Crippen LogP contribution in [0.25, 0.3) is 22.0 Å². The van der Waals surface area contributed by atoms with Crippen molar-refractivity contribution < 1.29 is 36.2 Å². The quantitative estimate of drug-likeness (QED) is 0.306. The van der Waals surface area contributed by atoms with E-state index in [9.17, 15) is 31.9 Å². The number of halogens is 3. The molecule has 0 saturated heterocycles. The van der Waals surface area contributed by atoms with E-state index in [1.54, 1.807) is 25.1 Å². The summed E-state index contributed by atoms with van der Waals surface area (Å²) in [6.07, 6.45) is 2.20. The Morgan fingerprint density at radius 2 is 1.79 bits per heavy atom. The molecule has 0 N–H and O–H groups in total. The smallest absolute Gasteiger partial charge is 0.387 e. The number of ether oxygens (including phenoxy) is 1. The normalized spacial score (nSPS) is 17.1. The molecule has 0 spiro atoms. The largest absolute Gasteiger partial charge is 0.545 e. The fourth-order valence-corrected chi connectivity index (χ4v) is 7.18. The maximum Gasteiger partial charge on any atom is 0.387 e. The molecule has 6 rings (SSSR count). The molecule has 1 fully saturated rings. The number of nitrogens with zero attached hydrogens (tertiary/aromatic N) is 2. The van der Waals surface area contributed by atoms with Gasteiger partial charge in [-0.1, -0.05) is 29.8 Å². The molecule has 0 radical (unpaired) electrons. The molecule has 218 valence electrons. The number of aromatic carboxylic acids is 1. The zero-order valence-corrected chi connectivity index (χ0v) is 23.3. The van der Waals surface area contributed by atoms with Gasteiger partial charge in [-0.05, 0) is 67.6 Å². The molecular formula is C30H24F3N2O6S-. The minimum atomic E-state index is -3.89. The molecule has 3 aromatic carbocycles. The molecule has 1 aliphatic heterocycles. The first-order valence-corrected chi connectivity index (χ1v) is 14.6. The molecule has 12 heteroatoms. The number of fused-ring (bicyclic) bond motifs is 2. The molecule has 1 saturated carbocycles. The van der Waals surface area contributed by atoms with Gasteiger partial charge >= 0.3 is 6.61 Å². The highest BCUT2D eigenvalue weighted by Gasteiger charge is 2.37. The molecule has 1 atom stereocenters. The average Bonchev–Trinajstić information content (AvgIpc) is 3.72. The number of rotatable bonds is 7. The van der Waals surface area contributed by atoms with Crippen LogP contribution < -0.4 is 15.3 Å². The van der Waals surface area contributed by atoms with Gasteiger partial charge in [-0.25, -0.2) is 12.8 Å². The fourth-order valence-electron chi connectivity index (χ4n) is 5.59. The second kappa shape index (κ2) is 9.99. The number of aromatic nitrogens is 1. The van der Waals surface area contributed by atoms with Crippen LogP contribution in [0.3, 0.4) is 0 Å². The van der Waals surface area contributed by atoms with Crippen molar-refractivity contribution in [1.82, 2.24) is 8.87 Å². The predicted octanol–water partition coefficient (Wildman–Crippen LogP) is 4.68. The van der Waals surface area contributed by atoms with Gasteiger partial charge in [-0.2, -0.15) is 13.1 Å². The number of carboxylic acids is 1. The molecule has 0 bridgehead atoms. The van der Waals surface area contributed by atoms with E-state index in [1.807, 2.05) is 6.92 Å². The van der Waals surface area contributed by atoms with Crippen LogP contribution in [0.5, 0.6) is 5.75 Å². The van der Waals surface area contributed by atoms with E-state index >= 15 is 4.39 Å². The lowest BCUT2D eigenvalue weighted by Gasteiger charge is -2.22. The van der Waals surface area contributed by atoms with E-state index in [4.69, 9.17) is 4.74 Å². The van der Waals surface area contributed by atoms with Crippen LogP contribution in [0.2, 0.25) is 0 Å².